The van der Waals surface area contributed by atoms with Crippen LogP contribution in [-0.2, 0) is 0 Å². The number of anilines is 1. The highest BCUT2D eigenvalue weighted by molar-refractivity contribution is 5.97. The van der Waals surface area contributed by atoms with Gasteiger partial charge in [-0.3, -0.25) is 4.79 Å². The van der Waals surface area contributed by atoms with Crippen molar-refractivity contribution in [1.82, 2.24) is 15.2 Å². The number of pyridine rings is 1. The third-order valence-corrected chi connectivity index (χ3v) is 3.60. The number of amides is 1. The number of nitrogens with zero attached hydrogens (tertiary/aromatic N) is 2. The van der Waals surface area contributed by atoms with Crippen LogP contribution in [0.5, 0.6) is 0 Å². The lowest BCUT2D eigenvalue weighted by atomic mass is 9.99. The largest absolute Gasteiger partial charge is 0.397 e. The number of rotatable bonds is 2. The van der Waals surface area contributed by atoms with Crippen LogP contribution in [-0.4, -0.2) is 41.5 Å². The van der Waals surface area contributed by atoms with Crippen molar-refractivity contribution in [3.05, 3.63) is 24.0 Å². The molecule has 2 atom stereocenters. The summed E-state index contributed by atoms with van der Waals surface area (Å²) < 4.78 is 0. The Bertz CT molecular complexity index is 435. The standard InChI is InChI=1S/C13H20N4O/c1-9-8-10(5-7-17(9)2)16-13(18)12-11(14)4-3-6-15-12/h3-4,6,9-10H,5,7-8,14H2,1-2H3,(H,16,18). The molecule has 0 saturated carbocycles. The fraction of sp³-hybridized carbons (Fsp3) is 0.538. The summed E-state index contributed by atoms with van der Waals surface area (Å²) in [5.41, 5.74) is 6.49. The van der Waals surface area contributed by atoms with Gasteiger partial charge in [0.25, 0.3) is 5.91 Å². The predicted molar refractivity (Wildman–Crippen MR) is 71.2 cm³/mol. The normalized spacial score (nSPS) is 24.8. The summed E-state index contributed by atoms with van der Waals surface area (Å²) in [5.74, 6) is -0.171. The Morgan fingerprint density at radius 1 is 1.61 bits per heavy atom. The number of aromatic nitrogens is 1. The molecule has 0 bridgehead atoms. The van der Waals surface area contributed by atoms with Gasteiger partial charge in [0.1, 0.15) is 0 Å². The van der Waals surface area contributed by atoms with Gasteiger partial charge in [-0.25, -0.2) is 4.98 Å². The molecule has 1 aromatic rings. The molecule has 5 heteroatoms. The summed E-state index contributed by atoms with van der Waals surface area (Å²) in [5, 5.41) is 3.02. The number of nitrogens with two attached hydrogens (primary N) is 1. The van der Waals surface area contributed by atoms with Gasteiger partial charge in [0.05, 0.1) is 5.69 Å². The average Bonchev–Trinajstić information content (AvgIpc) is 2.34. The molecule has 0 aromatic carbocycles. The minimum Gasteiger partial charge on any atom is -0.397 e. The van der Waals surface area contributed by atoms with E-state index in [-0.39, 0.29) is 11.9 Å². The van der Waals surface area contributed by atoms with Crippen molar-refractivity contribution in [2.75, 3.05) is 19.3 Å². The number of hydrogen-bond acceptors (Lipinski definition) is 4. The highest BCUT2D eigenvalue weighted by Crippen LogP contribution is 2.16. The SMILES string of the molecule is CC1CC(NC(=O)c2ncccc2N)CCN1C. The molecular formula is C13H20N4O. The Hall–Kier alpha value is -1.62. The minimum atomic E-state index is -0.171. The van der Waals surface area contributed by atoms with Crippen LogP contribution in [0.15, 0.2) is 18.3 Å². The second kappa shape index (κ2) is 5.35. The van der Waals surface area contributed by atoms with Gasteiger partial charge in [-0.2, -0.15) is 0 Å². The van der Waals surface area contributed by atoms with Crippen molar-refractivity contribution in [3.8, 4) is 0 Å². The summed E-state index contributed by atoms with van der Waals surface area (Å²) in [6.45, 7) is 3.18. The molecule has 3 N–H and O–H groups in total. The first kappa shape index (κ1) is 12.8. The molecule has 1 aliphatic rings. The number of nitrogens with one attached hydrogen (secondary N) is 1. The van der Waals surface area contributed by atoms with E-state index in [9.17, 15) is 4.79 Å². The number of piperidine rings is 1. The fourth-order valence-electron chi connectivity index (χ4n) is 2.28. The molecule has 1 fully saturated rings. The third kappa shape index (κ3) is 2.79. The molecule has 0 radical (unpaired) electrons. The molecule has 2 heterocycles. The summed E-state index contributed by atoms with van der Waals surface area (Å²) in [4.78, 5) is 18.4. The summed E-state index contributed by atoms with van der Waals surface area (Å²) >= 11 is 0. The lowest BCUT2D eigenvalue weighted by Gasteiger charge is -2.35. The lowest BCUT2D eigenvalue weighted by molar-refractivity contribution is 0.0892. The maximum absolute atomic E-state index is 12.1. The average molecular weight is 248 g/mol. The molecule has 1 aliphatic heterocycles. The summed E-state index contributed by atoms with van der Waals surface area (Å²) in [6.07, 6.45) is 3.52. The van der Waals surface area contributed by atoms with Gasteiger partial charge >= 0.3 is 0 Å². The van der Waals surface area contributed by atoms with Crippen molar-refractivity contribution in [1.29, 1.82) is 0 Å². The van der Waals surface area contributed by atoms with E-state index in [2.05, 4.69) is 29.2 Å². The van der Waals surface area contributed by atoms with Crippen LogP contribution >= 0.6 is 0 Å². The molecule has 0 aliphatic carbocycles. The van der Waals surface area contributed by atoms with E-state index in [4.69, 9.17) is 5.73 Å². The second-order valence-corrected chi connectivity index (χ2v) is 4.97. The van der Waals surface area contributed by atoms with Crippen LogP contribution < -0.4 is 11.1 Å². The Kier molecular flexibility index (Phi) is 3.81. The van der Waals surface area contributed by atoms with Crippen LogP contribution in [0.1, 0.15) is 30.3 Å². The zero-order valence-corrected chi connectivity index (χ0v) is 10.9. The first-order valence-corrected chi connectivity index (χ1v) is 6.29. The van der Waals surface area contributed by atoms with Crippen molar-refractivity contribution in [2.45, 2.75) is 31.8 Å². The van der Waals surface area contributed by atoms with Gasteiger partial charge in [0, 0.05) is 24.8 Å². The highest BCUT2D eigenvalue weighted by Gasteiger charge is 2.24. The van der Waals surface area contributed by atoms with Crippen LogP contribution in [0, 0.1) is 0 Å². The first-order valence-electron chi connectivity index (χ1n) is 6.29. The Balaban J connectivity index is 1.98. The number of carbonyl (C=O) groups excluding carboxylic acids is 1. The van der Waals surface area contributed by atoms with Crippen molar-refractivity contribution in [2.24, 2.45) is 0 Å². The minimum absolute atomic E-state index is 0.171. The Morgan fingerprint density at radius 2 is 2.39 bits per heavy atom. The molecule has 2 unspecified atom stereocenters. The predicted octanol–water partition coefficient (Wildman–Crippen LogP) is 0.876. The molecule has 5 nitrogen and oxygen atoms in total. The number of hydrogen-bond donors (Lipinski definition) is 2. The topological polar surface area (TPSA) is 71.2 Å². The van der Waals surface area contributed by atoms with Crippen molar-refractivity contribution >= 4 is 11.6 Å². The first-order chi connectivity index (χ1) is 8.58. The monoisotopic (exact) mass is 248 g/mol. The molecule has 2 rings (SSSR count). The molecule has 1 aromatic heterocycles. The van der Waals surface area contributed by atoms with Crippen LogP contribution in [0.4, 0.5) is 5.69 Å². The summed E-state index contributed by atoms with van der Waals surface area (Å²) in [6, 6.07) is 4.12. The molecule has 1 amide bonds. The quantitative estimate of drug-likeness (QED) is 0.815. The van der Waals surface area contributed by atoms with Gasteiger partial charge in [0.2, 0.25) is 0 Å². The van der Waals surface area contributed by atoms with Crippen LogP contribution in [0.2, 0.25) is 0 Å². The molecule has 0 spiro atoms. The van der Waals surface area contributed by atoms with E-state index in [0.717, 1.165) is 19.4 Å². The number of carbonyl (C=O) groups is 1. The van der Waals surface area contributed by atoms with Crippen LogP contribution in [0.25, 0.3) is 0 Å². The smallest absolute Gasteiger partial charge is 0.272 e. The van der Waals surface area contributed by atoms with E-state index >= 15 is 0 Å². The maximum Gasteiger partial charge on any atom is 0.272 e. The van der Waals surface area contributed by atoms with Crippen LogP contribution in [0.3, 0.4) is 0 Å². The van der Waals surface area contributed by atoms with Crippen molar-refractivity contribution < 1.29 is 4.79 Å². The molecule has 98 valence electrons. The van der Waals surface area contributed by atoms with Gasteiger partial charge in [-0.15, -0.1) is 0 Å². The summed E-state index contributed by atoms with van der Waals surface area (Å²) in [7, 11) is 2.11. The maximum atomic E-state index is 12.1. The molecule has 1 saturated heterocycles. The van der Waals surface area contributed by atoms with E-state index < -0.39 is 0 Å². The zero-order valence-electron chi connectivity index (χ0n) is 10.9. The highest BCUT2D eigenvalue weighted by atomic mass is 16.2. The molecule has 18 heavy (non-hydrogen) atoms. The second-order valence-electron chi connectivity index (χ2n) is 4.97. The third-order valence-electron chi connectivity index (χ3n) is 3.60. The van der Waals surface area contributed by atoms with Gasteiger partial charge in [0.15, 0.2) is 5.69 Å². The van der Waals surface area contributed by atoms with E-state index in [0.29, 0.717) is 17.4 Å². The van der Waals surface area contributed by atoms with Gasteiger partial charge < -0.3 is 16.0 Å². The number of nitrogen functional groups attached to an aromatic ring is 1. The lowest BCUT2D eigenvalue weighted by Crippen LogP contribution is -2.47. The van der Waals surface area contributed by atoms with E-state index in [1.807, 2.05) is 0 Å². The van der Waals surface area contributed by atoms with Gasteiger partial charge in [-0.05, 0) is 38.9 Å². The van der Waals surface area contributed by atoms with Gasteiger partial charge in [-0.1, -0.05) is 0 Å². The molecular weight excluding hydrogens is 228 g/mol. The van der Waals surface area contributed by atoms with Crippen molar-refractivity contribution in [3.63, 3.8) is 0 Å². The fourth-order valence-corrected chi connectivity index (χ4v) is 2.28. The Labute approximate surface area is 107 Å². The van der Waals surface area contributed by atoms with E-state index in [1.165, 1.54) is 0 Å². The Morgan fingerprint density at radius 3 is 3.06 bits per heavy atom. The number of likely N-dealkylation sites (tertiary alicyclic amines) is 1. The van der Waals surface area contributed by atoms with E-state index in [1.54, 1.807) is 18.3 Å². The zero-order chi connectivity index (χ0) is 13.1.